The zero-order valence-electron chi connectivity index (χ0n) is 12.6. The zero-order chi connectivity index (χ0) is 14.4. The van der Waals surface area contributed by atoms with Gasteiger partial charge >= 0.3 is 0 Å². The maximum absolute atomic E-state index is 6.18. The van der Waals surface area contributed by atoms with Gasteiger partial charge in [-0.1, -0.05) is 45.4 Å². The molecule has 1 rings (SSSR count). The fourth-order valence-electron chi connectivity index (χ4n) is 2.35. The first-order valence-electron chi connectivity index (χ1n) is 7.17. The van der Waals surface area contributed by atoms with E-state index in [0.29, 0.717) is 18.4 Å². The van der Waals surface area contributed by atoms with Crippen LogP contribution >= 0.6 is 11.6 Å². The molecule has 2 N–H and O–H groups in total. The van der Waals surface area contributed by atoms with Crippen molar-refractivity contribution in [2.24, 2.45) is 17.6 Å². The van der Waals surface area contributed by atoms with Crippen LogP contribution in [-0.2, 0) is 6.42 Å². The number of nitrogens with zero attached hydrogens (tertiary/aromatic N) is 1. The number of halogens is 1. The van der Waals surface area contributed by atoms with Gasteiger partial charge in [0.25, 0.3) is 0 Å². The molecule has 0 amide bonds. The van der Waals surface area contributed by atoms with Crippen molar-refractivity contribution in [1.82, 2.24) is 0 Å². The van der Waals surface area contributed by atoms with Gasteiger partial charge in [0.2, 0.25) is 0 Å². The number of hydrogen-bond donors (Lipinski definition) is 1. The molecule has 2 nitrogen and oxygen atoms in total. The molecule has 0 bridgehead atoms. The van der Waals surface area contributed by atoms with Crippen molar-refractivity contribution in [2.75, 3.05) is 24.5 Å². The number of anilines is 1. The normalized spacial score (nSPS) is 11.4. The summed E-state index contributed by atoms with van der Waals surface area (Å²) in [5.74, 6) is 1.26. The van der Waals surface area contributed by atoms with Crippen molar-refractivity contribution in [3.05, 3.63) is 28.8 Å². The van der Waals surface area contributed by atoms with E-state index in [1.807, 2.05) is 6.07 Å². The van der Waals surface area contributed by atoms with E-state index < -0.39 is 0 Å². The van der Waals surface area contributed by atoms with Gasteiger partial charge in [-0.15, -0.1) is 0 Å². The highest BCUT2D eigenvalue weighted by molar-refractivity contribution is 6.30. The van der Waals surface area contributed by atoms with E-state index in [2.05, 4.69) is 44.7 Å². The van der Waals surface area contributed by atoms with Crippen molar-refractivity contribution < 1.29 is 0 Å². The van der Waals surface area contributed by atoms with Gasteiger partial charge in [0.05, 0.1) is 0 Å². The third-order valence-electron chi connectivity index (χ3n) is 2.97. The fraction of sp³-hybridized carbons (Fsp3) is 0.625. The average molecular weight is 283 g/mol. The summed E-state index contributed by atoms with van der Waals surface area (Å²) in [5.41, 5.74) is 8.27. The van der Waals surface area contributed by atoms with E-state index in [-0.39, 0.29) is 0 Å². The largest absolute Gasteiger partial charge is 0.371 e. The number of hydrogen-bond acceptors (Lipinski definition) is 2. The highest BCUT2D eigenvalue weighted by Gasteiger charge is 2.14. The number of rotatable bonds is 7. The maximum Gasteiger partial charge on any atom is 0.0426 e. The Balaban J connectivity index is 3.07. The highest BCUT2D eigenvalue weighted by Crippen LogP contribution is 2.27. The minimum atomic E-state index is 0.628. The topological polar surface area (TPSA) is 29.3 Å². The van der Waals surface area contributed by atoms with Gasteiger partial charge < -0.3 is 10.6 Å². The Labute approximate surface area is 122 Å². The van der Waals surface area contributed by atoms with Gasteiger partial charge in [-0.05, 0) is 42.5 Å². The summed E-state index contributed by atoms with van der Waals surface area (Å²) in [6.07, 6.45) is 0.902. The Bertz CT molecular complexity index is 378. The first-order chi connectivity index (χ1) is 8.93. The Morgan fingerprint density at radius 1 is 1.11 bits per heavy atom. The molecule has 0 unspecified atom stereocenters. The molecule has 0 saturated carbocycles. The lowest BCUT2D eigenvalue weighted by molar-refractivity contribution is 0.551. The van der Waals surface area contributed by atoms with Crippen LogP contribution in [-0.4, -0.2) is 19.6 Å². The smallest absolute Gasteiger partial charge is 0.0426 e. The van der Waals surface area contributed by atoms with Crippen LogP contribution in [0.3, 0.4) is 0 Å². The van der Waals surface area contributed by atoms with E-state index in [1.165, 1.54) is 11.3 Å². The van der Waals surface area contributed by atoms with Crippen LogP contribution in [0.5, 0.6) is 0 Å². The molecule has 0 aromatic heterocycles. The fourth-order valence-corrected chi connectivity index (χ4v) is 2.52. The van der Waals surface area contributed by atoms with Crippen LogP contribution < -0.4 is 10.6 Å². The first kappa shape index (κ1) is 16.3. The molecule has 0 heterocycles. The molecule has 1 aromatic rings. The molecule has 1 aromatic carbocycles. The third-order valence-corrected chi connectivity index (χ3v) is 3.21. The Hall–Kier alpha value is -0.730. The van der Waals surface area contributed by atoms with Crippen molar-refractivity contribution in [2.45, 2.75) is 34.1 Å². The van der Waals surface area contributed by atoms with Gasteiger partial charge in [0, 0.05) is 23.8 Å². The maximum atomic E-state index is 6.18. The van der Waals surface area contributed by atoms with Crippen molar-refractivity contribution in [3.63, 3.8) is 0 Å². The predicted molar refractivity (Wildman–Crippen MR) is 86.1 cm³/mol. The molecule has 0 atom stereocenters. The zero-order valence-corrected chi connectivity index (χ0v) is 13.4. The van der Waals surface area contributed by atoms with Crippen LogP contribution in [0, 0.1) is 11.8 Å². The summed E-state index contributed by atoms with van der Waals surface area (Å²) in [6.45, 7) is 11.8. The molecule has 0 radical (unpaired) electrons. The molecule has 0 fully saturated rings. The van der Waals surface area contributed by atoms with Gasteiger partial charge in [-0.2, -0.15) is 0 Å². The summed E-state index contributed by atoms with van der Waals surface area (Å²) in [6, 6.07) is 6.15. The van der Waals surface area contributed by atoms with Crippen LogP contribution in [0.1, 0.15) is 33.3 Å². The van der Waals surface area contributed by atoms with E-state index in [0.717, 1.165) is 24.5 Å². The predicted octanol–water partition coefficient (Wildman–Crippen LogP) is 3.96. The molecular formula is C16H27ClN2. The third kappa shape index (κ3) is 5.42. The lowest BCUT2D eigenvalue weighted by Gasteiger charge is -2.30. The number of nitrogens with two attached hydrogens (primary N) is 1. The second-order valence-corrected chi connectivity index (χ2v) is 6.44. The molecule has 108 valence electrons. The summed E-state index contributed by atoms with van der Waals surface area (Å²) in [4.78, 5) is 2.45. The lowest BCUT2D eigenvalue weighted by atomic mass is 10.1. The van der Waals surface area contributed by atoms with E-state index in [1.54, 1.807) is 0 Å². The Morgan fingerprint density at radius 3 is 2.16 bits per heavy atom. The van der Waals surface area contributed by atoms with E-state index in [9.17, 15) is 0 Å². The molecule has 0 aliphatic rings. The second kappa shape index (κ2) is 7.76. The van der Waals surface area contributed by atoms with Crippen molar-refractivity contribution in [1.29, 1.82) is 0 Å². The molecular weight excluding hydrogens is 256 g/mol. The summed E-state index contributed by atoms with van der Waals surface area (Å²) in [7, 11) is 0. The lowest BCUT2D eigenvalue weighted by Crippen LogP contribution is -2.32. The second-order valence-electron chi connectivity index (χ2n) is 6.00. The van der Waals surface area contributed by atoms with Gasteiger partial charge in [-0.3, -0.25) is 0 Å². The van der Waals surface area contributed by atoms with E-state index >= 15 is 0 Å². The SMILES string of the molecule is CC(C)CN(CC(C)C)c1cc(Cl)ccc1CCN. The van der Waals surface area contributed by atoms with Crippen molar-refractivity contribution in [3.8, 4) is 0 Å². The highest BCUT2D eigenvalue weighted by atomic mass is 35.5. The monoisotopic (exact) mass is 282 g/mol. The summed E-state index contributed by atoms with van der Waals surface area (Å²) >= 11 is 6.18. The van der Waals surface area contributed by atoms with Crippen molar-refractivity contribution >= 4 is 17.3 Å². The minimum Gasteiger partial charge on any atom is -0.371 e. The summed E-state index contributed by atoms with van der Waals surface area (Å²) < 4.78 is 0. The standard InChI is InChI=1S/C16H27ClN2/c1-12(2)10-19(11-13(3)4)16-9-15(17)6-5-14(16)7-8-18/h5-6,9,12-13H,7-8,10-11,18H2,1-4H3. The molecule has 3 heteroatoms. The van der Waals surface area contributed by atoms with Gasteiger partial charge in [0.15, 0.2) is 0 Å². The first-order valence-corrected chi connectivity index (χ1v) is 7.55. The number of benzene rings is 1. The molecule has 0 aliphatic carbocycles. The van der Waals surface area contributed by atoms with Crippen LogP contribution in [0.4, 0.5) is 5.69 Å². The Kier molecular flexibility index (Phi) is 6.67. The van der Waals surface area contributed by atoms with E-state index in [4.69, 9.17) is 17.3 Å². The quantitative estimate of drug-likeness (QED) is 0.820. The average Bonchev–Trinajstić information content (AvgIpc) is 2.29. The van der Waals surface area contributed by atoms with Crippen LogP contribution in [0.2, 0.25) is 5.02 Å². The van der Waals surface area contributed by atoms with Crippen LogP contribution in [0.25, 0.3) is 0 Å². The molecule has 19 heavy (non-hydrogen) atoms. The molecule has 0 aliphatic heterocycles. The summed E-state index contributed by atoms with van der Waals surface area (Å²) in [5, 5.41) is 0.799. The molecule has 0 saturated heterocycles. The van der Waals surface area contributed by atoms with Gasteiger partial charge in [0.1, 0.15) is 0 Å². The van der Waals surface area contributed by atoms with Gasteiger partial charge in [-0.25, -0.2) is 0 Å². The minimum absolute atomic E-state index is 0.628. The van der Waals surface area contributed by atoms with Crippen LogP contribution in [0.15, 0.2) is 18.2 Å². The molecule has 0 spiro atoms. The Morgan fingerprint density at radius 2 is 1.68 bits per heavy atom.